The zero-order valence-electron chi connectivity index (χ0n) is 8.03. The van der Waals surface area contributed by atoms with Crippen LogP contribution in [0.1, 0.15) is 24.2 Å². The third-order valence-corrected chi connectivity index (χ3v) is 1.92. The Morgan fingerprint density at radius 3 is 3.00 bits per heavy atom. The Labute approximate surface area is 78.4 Å². The van der Waals surface area contributed by atoms with Gasteiger partial charge in [-0.3, -0.25) is 4.98 Å². The van der Waals surface area contributed by atoms with E-state index in [0.717, 1.165) is 11.1 Å². The summed E-state index contributed by atoms with van der Waals surface area (Å²) in [5.41, 5.74) is 1.89. The number of aliphatic hydroxyl groups is 1. The molecule has 1 unspecified atom stereocenters. The summed E-state index contributed by atoms with van der Waals surface area (Å²) in [6, 6.07) is 1.88. The Morgan fingerprint density at radius 2 is 2.38 bits per heavy atom. The summed E-state index contributed by atoms with van der Waals surface area (Å²) in [7, 11) is 0. The fraction of sp³-hybridized carbons (Fsp3) is 0.500. The average molecular weight is 181 g/mol. The van der Waals surface area contributed by atoms with Crippen LogP contribution < -0.4 is 0 Å². The van der Waals surface area contributed by atoms with Crippen LogP contribution in [0.3, 0.4) is 0 Å². The number of nitrogens with zero attached hydrogens (tertiary/aromatic N) is 1. The van der Waals surface area contributed by atoms with Crippen LogP contribution in [0.2, 0.25) is 0 Å². The van der Waals surface area contributed by atoms with Gasteiger partial charge in [0.05, 0.1) is 6.61 Å². The lowest BCUT2D eigenvalue weighted by molar-refractivity contribution is 0.0415. The average Bonchev–Trinajstić information content (AvgIpc) is 2.15. The molecule has 1 rings (SSSR count). The quantitative estimate of drug-likeness (QED) is 0.764. The molecule has 72 valence electrons. The molecule has 0 saturated carbocycles. The highest BCUT2D eigenvalue weighted by Gasteiger charge is 2.09. The van der Waals surface area contributed by atoms with Crippen molar-refractivity contribution in [3.05, 3.63) is 29.6 Å². The van der Waals surface area contributed by atoms with Gasteiger partial charge in [0.15, 0.2) is 0 Å². The molecule has 0 bridgehead atoms. The lowest BCUT2D eigenvalue weighted by atomic mass is 10.1. The summed E-state index contributed by atoms with van der Waals surface area (Å²) in [6.45, 7) is 4.81. The molecule has 1 N–H and O–H groups in total. The van der Waals surface area contributed by atoms with Gasteiger partial charge in [0.25, 0.3) is 0 Å². The maximum atomic E-state index is 9.67. The minimum atomic E-state index is -0.561. The van der Waals surface area contributed by atoms with Gasteiger partial charge >= 0.3 is 0 Å². The molecular formula is C10H15NO2. The van der Waals surface area contributed by atoms with E-state index in [9.17, 15) is 5.11 Å². The van der Waals surface area contributed by atoms with Crippen molar-refractivity contribution in [3.8, 4) is 0 Å². The third-order valence-electron chi connectivity index (χ3n) is 1.92. The van der Waals surface area contributed by atoms with Gasteiger partial charge in [0, 0.05) is 24.6 Å². The molecule has 0 radical (unpaired) electrons. The number of hydrogen-bond donors (Lipinski definition) is 1. The highest BCUT2D eigenvalue weighted by atomic mass is 16.5. The van der Waals surface area contributed by atoms with E-state index in [2.05, 4.69) is 4.98 Å². The molecule has 0 aliphatic carbocycles. The zero-order valence-corrected chi connectivity index (χ0v) is 8.03. The monoisotopic (exact) mass is 181 g/mol. The van der Waals surface area contributed by atoms with E-state index in [-0.39, 0.29) is 0 Å². The topological polar surface area (TPSA) is 42.4 Å². The minimum Gasteiger partial charge on any atom is -0.386 e. The van der Waals surface area contributed by atoms with Gasteiger partial charge in [-0.1, -0.05) is 0 Å². The predicted molar refractivity (Wildman–Crippen MR) is 50.4 cm³/mol. The third kappa shape index (κ3) is 2.79. The second kappa shape index (κ2) is 4.94. The minimum absolute atomic E-state index is 0.336. The molecule has 1 aromatic heterocycles. The molecule has 0 aliphatic heterocycles. The van der Waals surface area contributed by atoms with E-state index in [4.69, 9.17) is 4.74 Å². The standard InChI is InChI=1S/C10H15NO2/c1-3-13-7-10(12)9-6-11-5-4-8(9)2/h4-6,10,12H,3,7H2,1-2H3. The van der Waals surface area contributed by atoms with Gasteiger partial charge in [0.2, 0.25) is 0 Å². The maximum absolute atomic E-state index is 9.67. The fourth-order valence-corrected chi connectivity index (χ4v) is 1.14. The predicted octanol–water partition coefficient (Wildman–Crippen LogP) is 1.46. The number of aliphatic hydroxyl groups excluding tert-OH is 1. The fourth-order valence-electron chi connectivity index (χ4n) is 1.14. The highest BCUT2D eigenvalue weighted by molar-refractivity contribution is 5.23. The first kappa shape index (κ1) is 10.2. The molecule has 0 spiro atoms. The summed E-state index contributed by atoms with van der Waals surface area (Å²) >= 11 is 0. The maximum Gasteiger partial charge on any atom is 0.104 e. The molecule has 0 fully saturated rings. The Kier molecular flexibility index (Phi) is 3.86. The van der Waals surface area contributed by atoms with E-state index in [1.165, 1.54) is 0 Å². The largest absolute Gasteiger partial charge is 0.386 e. The van der Waals surface area contributed by atoms with Gasteiger partial charge in [0.1, 0.15) is 6.10 Å². The summed E-state index contributed by atoms with van der Waals surface area (Å²) in [6.07, 6.45) is 2.83. The van der Waals surface area contributed by atoms with Crippen molar-refractivity contribution in [2.75, 3.05) is 13.2 Å². The van der Waals surface area contributed by atoms with E-state index >= 15 is 0 Å². The Balaban J connectivity index is 2.65. The number of hydrogen-bond acceptors (Lipinski definition) is 3. The number of ether oxygens (including phenoxy) is 1. The first-order valence-electron chi connectivity index (χ1n) is 4.42. The van der Waals surface area contributed by atoms with Gasteiger partial charge in [-0.05, 0) is 25.5 Å². The van der Waals surface area contributed by atoms with Gasteiger partial charge in [-0.15, -0.1) is 0 Å². The molecular weight excluding hydrogens is 166 g/mol. The first-order chi connectivity index (χ1) is 6.25. The van der Waals surface area contributed by atoms with Crippen LogP contribution >= 0.6 is 0 Å². The highest BCUT2D eigenvalue weighted by Crippen LogP contribution is 2.15. The van der Waals surface area contributed by atoms with Gasteiger partial charge < -0.3 is 9.84 Å². The second-order valence-corrected chi connectivity index (χ2v) is 2.91. The van der Waals surface area contributed by atoms with Crippen molar-refractivity contribution in [2.45, 2.75) is 20.0 Å². The lowest BCUT2D eigenvalue weighted by Gasteiger charge is -2.12. The van der Waals surface area contributed by atoms with Gasteiger partial charge in [-0.2, -0.15) is 0 Å². The molecule has 1 heterocycles. The normalized spacial score (nSPS) is 12.8. The van der Waals surface area contributed by atoms with Crippen molar-refractivity contribution in [1.82, 2.24) is 4.98 Å². The number of aryl methyl sites for hydroxylation is 1. The number of rotatable bonds is 4. The van der Waals surface area contributed by atoms with Crippen molar-refractivity contribution in [1.29, 1.82) is 0 Å². The van der Waals surface area contributed by atoms with Crippen LogP contribution in [0.15, 0.2) is 18.5 Å². The first-order valence-corrected chi connectivity index (χ1v) is 4.42. The van der Waals surface area contributed by atoms with Crippen molar-refractivity contribution in [3.63, 3.8) is 0 Å². The molecule has 0 aromatic carbocycles. The smallest absolute Gasteiger partial charge is 0.104 e. The van der Waals surface area contributed by atoms with Crippen LogP contribution in [0.5, 0.6) is 0 Å². The number of aromatic nitrogens is 1. The Morgan fingerprint density at radius 1 is 1.62 bits per heavy atom. The van der Waals surface area contributed by atoms with Crippen LogP contribution in [0.4, 0.5) is 0 Å². The van der Waals surface area contributed by atoms with Crippen LogP contribution in [0.25, 0.3) is 0 Å². The Hall–Kier alpha value is -0.930. The van der Waals surface area contributed by atoms with Crippen molar-refractivity contribution < 1.29 is 9.84 Å². The molecule has 3 nitrogen and oxygen atoms in total. The summed E-state index contributed by atoms with van der Waals surface area (Å²) < 4.78 is 5.13. The van der Waals surface area contributed by atoms with E-state index in [1.807, 2.05) is 19.9 Å². The van der Waals surface area contributed by atoms with E-state index in [1.54, 1.807) is 12.4 Å². The lowest BCUT2D eigenvalue weighted by Crippen LogP contribution is -2.08. The summed E-state index contributed by atoms with van der Waals surface area (Å²) in [4.78, 5) is 3.96. The molecule has 1 aromatic rings. The second-order valence-electron chi connectivity index (χ2n) is 2.91. The van der Waals surface area contributed by atoms with E-state index in [0.29, 0.717) is 13.2 Å². The van der Waals surface area contributed by atoms with Crippen LogP contribution in [-0.4, -0.2) is 23.3 Å². The molecule has 13 heavy (non-hydrogen) atoms. The van der Waals surface area contributed by atoms with Crippen LogP contribution in [-0.2, 0) is 4.74 Å². The summed E-state index contributed by atoms with van der Waals surface area (Å²) in [5.74, 6) is 0. The molecule has 0 saturated heterocycles. The van der Waals surface area contributed by atoms with Crippen LogP contribution in [0, 0.1) is 6.92 Å². The SMILES string of the molecule is CCOCC(O)c1cnccc1C. The Bertz CT molecular complexity index is 263. The van der Waals surface area contributed by atoms with E-state index < -0.39 is 6.10 Å². The molecule has 3 heteroatoms. The molecule has 0 amide bonds. The zero-order chi connectivity index (χ0) is 9.68. The van der Waals surface area contributed by atoms with Crippen molar-refractivity contribution >= 4 is 0 Å². The van der Waals surface area contributed by atoms with Gasteiger partial charge in [-0.25, -0.2) is 0 Å². The molecule has 0 aliphatic rings. The number of pyridine rings is 1. The summed E-state index contributed by atoms with van der Waals surface area (Å²) in [5, 5.41) is 9.67. The van der Waals surface area contributed by atoms with Crippen molar-refractivity contribution in [2.24, 2.45) is 0 Å². The molecule has 1 atom stereocenters.